The quantitative estimate of drug-likeness (QED) is 0.0524. The molecule has 7 atom stereocenters. The second-order valence-electron chi connectivity index (χ2n) is 12.3. The number of phenols is 1. The number of carbonyl (C=O) groups excluding carboxylic acids is 8. The first-order valence-electron chi connectivity index (χ1n) is 16.1. The van der Waals surface area contributed by atoms with Gasteiger partial charge in [-0.05, 0) is 30.5 Å². The average molecular weight is 754 g/mol. The van der Waals surface area contributed by atoms with Crippen LogP contribution in [0.4, 0.5) is 0 Å². The number of carboxylic acid groups (broad SMARTS) is 1. The fraction of sp³-hybridized carbons (Fsp3) is 0.516. The van der Waals surface area contributed by atoms with Crippen LogP contribution in [-0.2, 0) is 49.6 Å². The van der Waals surface area contributed by atoms with Gasteiger partial charge in [0.1, 0.15) is 36.0 Å². The van der Waals surface area contributed by atoms with Crippen molar-refractivity contribution in [3.05, 3.63) is 29.8 Å². The Morgan fingerprint density at radius 1 is 0.679 bits per heavy atom. The van der Waals surface area contributed by atoms with E-state index >= 15 is 0 Å². The number of aliphatic hydroxyl groups is 2. The molecule has 0 radical (unpaired) electrons. The molecule has 0 fully saturated rings. The Labute approximate surface area is 303 Å². The number of amides is 8. The molecule has 0 aromatic heterocycles. The molecule has 7 unspecified atom stereocenters. The number of benzene rings is 1. The van der Waals surface area contributed by atoms with Crippen molar-refractivity contribution < 1.29 is 63.6 Å². The Hall–Kier alpha value is -5.87. The Balaban J connectivity index is 2.96. The summed E-state index contributed by atoms with van der Waals surface area (Å²) in [4.78, 5) is 111. The molecule has 53 heavy (non-hydrogen) atoms. The molecule has 22 nitrogen and oxygen atoms in total. The minimum absolute atomic E-state index is 0.0819. The lowest BCUT2D eigenvalue weighted by Gasteiger charge is -2.26. The van der Waals surface area contributed by atoms with Crippen molar-refractivity contribution in [3.63, 3.8) is 0 Å². The molecule has 0 bridgehead atoms. The highest BCUT2D eigenvalue weighted by molar-refractivity contribution is 5.98. The number of nitrogens with two attached hydrogens (primary N) is 3. The van der Waals surface area contributed by atoms with Crippen molar-refractivity contribution in [1.29, 1.82) is 0 Å². The number of carboxylic acids is 1. The van der Waals surface area contributed by atoms with E-state index in [1.165, 1.54) is 24.3 Å². The van der Waals surface area contributed by atoms with Crippen LogP contribution in [-0.4, -0.2) is 129 Å². The number of aliphatic hydroxyl groups excluding tert-OH is 2. The Bertz CT molecular complexity index is 1500. The molecule has 0 saturated heterocycles. The normalized spacial score (nSPS) is 14.8. The maximum atomic E-state index is 13.2. The Morgan fingerprint density at radius 2 is 1.21 bits per heavy atom. The van der Waals surface area contributed by atoms with E-state index in [2.05, 4.69) is 31.9 Å². The first kappa shape index (κ1) is 45.2. The van der Waals surface area contributed by atoms with E-state index < -0.39 is 127 Å². The number of aliphatic carboxylic acids is 1. The predicted octanol–water partition coefficient (Wildman–Crippen LogP) is -6.33. The molecule has 22 heteroatoms. The van der Waals surface area contributed by atoms with Gasteiger partial charge >= 0.3 is 5.97 Å². The van der Waals surface area contributed by atoms with Gasteiger partial charge in [-0.2, -0.15) is 0 Å². The summed E-state index contributed by atoms with van der Waals surface area (Å²) in [7, 11) is 0. The van der Waals surface area contributed by atoms with Crippen LogP contribution in [0.15, 0.2) is 24.3 Å². The number of rotatable bonds is 22. The maximum Gasteiger partial charge on any atom is 0.326 e. The van der Waals surface area contributed by atoms with Gasteiger partial charge < -0.3 is 69.5 Å². The lowest BCUT2D eigenvalue weighted by atomic mass is 10.0. The van der Waals surface area contributed by atoms with Gasteiger partial charge in [-0.3, -0.25) is 38.4 Å². The van der Waals surface area contributed by atoms with Gasteiger partial charge in [0.15, 0.2) is 0 Å². The van der Waals surface area contributed by atoms with Crippen molar-refractivity contribution in [2.45, 2.75) is 82.4 Å². The third-order valence-corrected chi connectivity index (χ3v) is 7.35. The molecule has 1 aromatic rings. The highest BCUT2D eigenvalue weighted by atomic mass is 16.4. The van der Waals surface area contributed by atoms with Gasteiger partial charge in [-0.25, -0.2) is 4.79 Å². The number of hydrogen-bond acceptors (Lipinski definition) is 13. The second-order valence-corrected chi connectivity index (χ2v) is 12.3. The van der Waals surface area contributed by atoms with E-state index in [9.17, 15) is 63.6 Å². The van der Waals surface area contributed by atoms with Crippen LogP contribution in [0.1, 0.15) is 39.2 Å². The molecular weight excluding hydrogens is 706 g/mol. The van der Waals surface area contributed by atoms with Crippen LogP contribution in [0, 0.1) is 5.92 Å². The SMILES string of the molecule is CC(C)C(NC(=O)C(N)CC(N)=O)C(=O)NCC(=O)NC(CO)C(=O)NC(CC(N)=O)C(=O)NC(C(=O)NC(Cc1ccc(O)cc1)C(=O)O)C(C)O. The van der Waals surface area contributed by atoms with Crippen LogP contribution in [0.3, 0.4) is 0 Å². The van der Waals surface area contributed by atoms with Gasteiger partial charge in [0.25, 0.3) is 0 Å². The number of hydrogen-bond donors (Lipinski definition) is 13. The fourth-order valence-corrected chi connectivity index (χ4v) is 4.49. The zero-order valence-corrected chi connectivity index (χ0v) is 29.2. The van der Waals surface area contributed by atoms with Crippen LogP contribution in [0.5, 0.6) is 5.75 Å². The highest BCUT2D eigenvalue weighted by Gasteiger charge is 2.34. The summed E-state index contributed by atoms with van der Waals surface area (Å²) < 4.78 is 0. The summed E-state index contributed by atoms with van der Waals surface area (Å²) in [5.41, 5.74) is 16.3. The molecule has 0 aliphatic rings. The van der Waals surface area contributed by atoms with Gasteiger partial charge in [-0.1, -0.05) is 26.0 Å². The number of nitrogens with one attached hydrogen (secondary N) is 6. The van der Waals surface area contributed by atoms with Gasteiger partial charge in [0.05, 0.1) is 38.1 Å². The summed E-state index contributed by atoms with van der Waals surface area (Å²) in [6.07, 6.45) is -3.23. The topological polar surface area (TPSA) is 385 Å². The molecule has 0 aliphatic carbocycles. The summed E-state index contributed by atoms with van der Waals surface area (Å²) in [6.45, 7) is 2.41. The van der Waals surface area contributed by atoms with Crippen LogP contribution >= 0.6 is 0 Å². The third-order valence-electron chi connectivity index (χ3n) is 7.35. The first-order chi connectivity index (χ1) is 24.7. The number of primary amides is 2. The highest BCUT2D eigenvalue weighted by Crippen LogP contribution is 2.12. The van der Waals surface area contributed by atoms with Crippen LogP contribution in [0.2, 0.25) is 0 Å². The molecule has 0 heterocycles. The van der Waals surface area contributed by atoms with E-state index in [-0.39, 0.29) is 12.2 Å². The van der Waals surface area contributed by atoms with E-state index in [4.69, 9.17) is 17.2 Å². The fourth-order valence-electron chi connectivity index (χ4n) is 4.49. The van der Waals surface area contributed by atoms with Gasteiger partial charge in [-0.15, -0.1) is 0 Å². The second kappa shape index (κ2) is 21.5. The minimum Gasteiger partial charge on any atom is -0.508 e. The van der Waals surface area contributed by atoms with Crippen molar-refractivity contribution in [2.24, 2.45) is 23.1 Å². The molecule has 1 aromatic carbocycles. The molecular formula is C31H47N9O13. The largest absolute Gasteiger partial charge is 0.508 e. The van der Waals surface area contributed by atoms with Gasteiger partial charge in [0.2, 0.25) is 47.3 Å². The van der Waals surface area contributed by atoms with E-state index in [1.807, 2.05) is 0 Å². The molecule has 16 N–H and O–H groups in total. The zero-order chi connectivity index (χ0) is 40.6. The molecule has 0 aliphatic heterocycles. The number of phenolic OH excluding ortho intramolecular Hbond substituents is 1. The van der Waals surface area contributed by atoms with E-state index in [1.54, 1.807) is 13.8 Å². The van der Waals surface area contributed by atoms with Crippen molar-refractivity contribution in [1.82, 2.24) is 31.9 Å². The third kappa shape index (κ3) is 15.9. The lowest BCUT2D eigenvalue weighted by Crippen LogP contribution is -2.61. The molecule has 1 rings (SSSR count). The van der Waals surface area contributed by atoms with Crippen molar-refractivity contribution >= 4 is 53.2 Å². The van der Waals surface area contributed by atoms with Crippen molar-refractivity contribution in [3.8, 4) is 5.75 Å². The summed E-state index contributed by atoms with van der Waals surface area (Å²) >= 11 is 0. The van der Waals surface area contributed by atoms with Crippen LogP contribution in [0.25, 0.3) is 0 Å². The predicted molar refractivity (Wildman–Crippen MR) is 181 cm³/mol. The first-order valence-corrected chi connectivity index (χ1v) is 16.1. The molecule has 8 amide bonds. The average Bonchev–Trinajstić information content (AvgIpc) is 3.06. The Morgan fingerprint density at radius 3 is 1.70 bits per heavy atom. The molecule has 0 spiro atoms. The number of aromatic hydroxyl groups is 1. The summed E-state index contributed by atoms with van der Waals surface area (Å²) in [5.74, 6) is -10.4. The standard InChI is InChI=1S/C31H47N9O13/c1-13(2)24(39-26(47)17(32)9-21(33)44)29(50)35-11-23(46)36-20(12-41)28(49)37-18(10-22(34)45)27(48)40-25(14(3)42)30(51)38-19(31(52)53)8-15-4-6-16(43)7-5-15/h4-7,13-14,17-20,24-25,41-43H,8-12,32H2,1-3H3,(H2,33,44)(H2,34,45)(H,35,50)(H,36,46)(H,37,49)(H,38,51)(H,39,47)(H,40,48)(H,52,53). The molecule has 0 saturated carbocycles. The smallest absolute Gasteiger partial charge is 0.326 e. The zero-order valence-electron chi connectivity index (χ0n) is 29.2. The summed E-state index contributed by atoms with van der Waals surface area (Å²) in [6, 6.07) is -4.07. The van der Waals surface area contributed by atoms with E-state index in [0.29, 0.717) is 5.56 Å². The van der Waals surface area contributed by atoms with Crippen molar-refractivity contribution in [2.75, 3.05) is 13.2 Å². The number of carbonyl (C=O) groups is 9. The van der Waals surface area contributed by atoms with Crippen LogP contribution < -0.4 is 49.1 Å². The minimum atomic E-state index is -1.83. The maximum absolute atomic E-state index is 13.2. The lowest BCUT2D eigenvalue weighted by molar-refractivity contribution is -0.143. The Kier molecular flexibility index (Phi) is 18.3. The molecule has 294 valence electrons. The van der Waals surface area contributed by atoms with E-state index in [0.717, 1.165) is 6.92 Å². The monoisotopic (exact) mass is 753 g/mol. The van der Waals surface area contributed by atoms with Gasteiger partial charge in [0, 0.05) is 6.42 Å². The summed E-state index contributed by atoms with van der Waals surface area (Å²) in [5, 5.41) is 52.2.